The van der Waals surface area contributed by atoms with E-state index in [0.717, 1.165) is 17.3 Å². The molecule has 0 saturated carbocycles. The van der Waals surface area contributed by atoms with E-state index < -0.39 is 23.9 Å². The fourth-order valence-electron chi connectivity index (χ4n) is 3.80. The van der Waals surface area contributed by atoms with E-state index in [4.69, 9.17) is 0 Å². The van der Waals surface area contributed by atoms with Crippen LogP contribution in [0.25, 0.3) is 28.0 Å². The van der Waals surface area contributed by atoms with Crippen LogP contribution in [0.15, 0.2) is 60.7 Å². The first-order chi connectivity index (χ1) is 14.3. The van der Waals surface area contributed by atoms with Crippen molar-refractivity contribution in [2.75, 3.05) is 5.32 Å². The number of rotatable bonds is 2. The highest BCUT2D eigenvalue weighted by Gasteiger charge is 2.33. The van der Waals surface area contributed by atoms with Gasteiger partial charge >= 0.3 is 6.18 Å². The fraction of sp³-hybridized carbons (Fsp3) is 0.136. The third-order valence-corrected chi connectivity index (χ3v) is 5.16. The third kappa shape index (κ3) is 3.09. The summed E-state index contributed by atoms with van der Waals surface area (Å²) in [4.78, 5) is 3.89. The van der Waals surface area contributed by atoms with E-state index in [-0.39, 0.29) is 5.65 Å². The van der Waals surface area contributed by atoms with Gasteiger partial charge in [-0.3, -0.25) is 4.57 Å². The van der Waals surface area contributed by atoms with E-state index in [1.807, 2.05) is 6.07 Å². The van der Waals surface area contributed by atoms with Gasteiger partial charge in [0.15, 0.2) is 0 Å². The molecule has 30 heavy (non-hydrogen) atoms. The quantitative estimate of drug-likeness (QED) is 0.448. The smallest absolute Gasteiger partial charge is 0.373 e. The molecule has 0 radical (unpaired) electrons. The summed E-state index contributed by atoms with van der Waals surface area (Å²) >= 11 is 0. The molecule has 0 amide bonds. The van der Waals surface area contributed by atoms with Crippen molar-refractivity contribution in [1.29, 1.82) is 0 Å². The second-order valence-electron chi connectivity index (χ2n) is 7.18. The van der Waals surface area contributed by atoms with Crippen LogP contribution < -0.4 is 5.32 Å². The van der Waals surface area contributed by atoms with Crippen molar-refractivity contribution in [1.82, 2.24) is 9.55 Å². The highest BCUT2D eigenvalue weighted by molar-refractivity contribution is 5.87. The van der Waals surface area contributed by atoms with Gasteiger partial charge in [-0.25, -0.2) is 9.37 Å². The Morgan fingerprint density at radius 2 is 1.77 bits per heavy atom. The number of alkyl halides is 3. The van der Waals surface area contributed by atoms with Crippen molar-refractivity contribution in [3.8, 4) is 16.9 Å². The molecule has 5 rings (SSSR count). The van der Waals surface area contributed by atoms with Gasteiger partial charge in [-0.05, 0) is 71.8 Å². The molecule has 2 aromatic carbocycles. The normalized spacial score (nSPS) is 16.0. The van der Waals surface area contributed by atoms with Gasteiger partial charge in [-0.2, -0.15) is 13.2 Å². The molecule has 1 aliphatic rings. The topological polar surface area (TPSA) is 50.1 Å². The Labute approximate surface area is 168 Å². The monoisotopic (exact) mass is 413 g/mol. The Hall–Kier alpha value is -3.39. The first-order valence-corrected chi connectivity index (χ1v) is 9.23. The average molecular weight is 413 g/mol. The summed E-state index contributed by atoms with van der Waals surface area (Å²) in [5.41, 5.74) is 2.61. The molecule has 1 unspecified atom stereocenters. The van der Waals surface area contributed by atoms with Crippen molar-refractivity contribution in [3.05, 3.63) is 77.7 Å². The second kappa shape index (κ2) is 6.56. The Kier molecular flexibility index (Phi) is 4.08. The summed E-state index contributed by atoms with van der Waals surface area (Å²) in [5.74, 6) is -0.406. The maximum absolute atomic E-state index is 13.4. The summed E-state index contributed by atoms with van der Waals surface area (Å²) in [6.07, 6.45) is -4.90. The lowest BCUT2D eigenvalue weighted by atomic mass is 10.1. The molecule has 0 spiro atoms. The minimum absolute atomic E-state index is 0.149. The largest absolute Gasteiger partial charge is 0.433 e. The van der Waals surface area contributed by atoms with Crippen molar-refractivity contribution in [2.24, 2.45) is 0 Å². The molecular formula is C22H15F4N3O. The standard InChI is InChI=1S/C22H15F4N3O/c23-15-4-1-12(2-5-15)18-10-13-3-8-19(22(24,25)26)28-21(13)29(18)16-6-7-17-14(9-16)11-20(30)27-17/h1-10,20,27,30H,11H2. The number of hydrogen-bond donors (Lipinski definition) is 2. The second-order valence-corrected chi connectivity index (χ2v) is 7.18. The van der Waals surface area contributed by atoms with Gasteiger partial charge in [0.1, 0.15) is 23.4 Å². The molecule has 0 bridgehead atoms. The van der Waals surface area contributed by atoms with Crippen molar-refractivity contribution < 1.29 is 22.7 Å². The van der Waals surface area contributed by atoms with Crippen molar-refractivity contribution in [3.63, 3.8) is 0 Å². The van der Waals surface area contributed by atoms with Crippen LogP contribution in [0.1, 0.15) is 11.3 Å². The maximum atomic E-state index is 13.4. The number of aromatic nitrogens is 2. The lowest BCUT2D eigenvalue weighted by molar-refractivity contribution is -0.141. The van der Waals surface area contributed by atoms with Gasteiger partial charge in [0.2, 0.25) is 0 Å². The van der Waals surface area contributed by atoms with Gasteiger partial charge in [-0.1, -0.05) is 0 Å². The van der Waals surface area contributed by atoms with Crippen LogP contribution >= 0.6 is 0 Å². The van der Waals surface area contributed by atoms with Gasteiger partial charge in [-0.15, -0.1) is 0 Å². The van der Waals surface area contributed by atoms with Gasteiger partial charge in [0.05, 0.1) is 5.69 Å². The van der Waals surface area contributed by atoms with Crippen LogP contribution in [0.3, 0.4) is 0 Å². The first-order valence-electron chi connectivity index (χ1n) is 9.23. The molecule has 0 saturated heterocycles. The number of nitrogens with one attached hydrogen (secondary N) is 1. The molecule has 8 heteroatoms. The zero-order chi connectivity index (χ0) is 21.0. The average Bonchev–Trinajstić information content (AvgIpc) is 3.26. The lowest BCUT2D eigenvalue weighted by Gasteiger charge is -2.13. The highest BCUT2D eigenvalue weighted by atomic mass is 19.4. The zero-order valence-electron chi connectivity index (χ0n) is 15.4. The number of aliphatic hydroxyl groups excluding tert-OH is 1. The van der Waals surface area contributed by atoms with E-state index >= 15 is 0 Å². The molecule has 4 aromatic rings. The minimum Gasteiger partial charge on any atom is -0.373 e. The molecular weight excluding hydrogens is 398 g/mol. The minimum atomic E-state index is -4.58. The number of benzene rings is 2. The van der Waals surface area contributed by atoms with Gasteiger partial charge < -0.3 is 10.4 Å². The molecule has 0 fully saturated rings. The Balaban J connectivity index is 1.78. The number of aliphatic hydroxyl groups is 1. The number of nitrogens with zero attached hydrogens (tertiary/aromatic N) is 2. The van der Waals surface area contributed by atoms with Crippen LogP contribution in [-0.4, -0.2) is 20.9 Å². The predicted molar refractivity (Wildman–Crippen MR) is 105 cm³/mol. The Bertz CT molecular complexity index is 1260. The van der Waals surface area contributed by atoms with E-state index in [9.17, 15) is 22.7 Å². The molecule has 1 aliphatic heterocycles. The van der Waals surface area contributed by atoms with Crippen molar-refractivity contribution in [2.45, 2.75) is 18.8 Å². The van der Waals surface area contributed by atoms with Gasteiger partial charge in [0, 0.05) is 23.2 Å². The van der Waals surface area contributed by atoms with Crippen LogP contribution in [0.2, 0.25) is 0 Å². The summed E-state index contributed by atoms with van der Waals surface area (Å²) in [6.45, 7) is 0. The van der Waals surface area contributed by atoms with Crippen LogP contribution in [0.4, 0.5) is 23.2 Å². The molecule has 152 valence electrons. The molecule has 2 N–H and O–H groups in total. The predicted octanol–water partition coefficient (Wildman–Crippen LogP) is 5.14. The van der Waals surface area contributed by atoms with E-state index in [0.29, 0.717) is 28.8 Å². The highest BCUT2D eigenvalue weighted by Crippen LogP contribution is 2.36. The number of fused-ring (bicyclic) bond motifs is 2. The summed E-state index contributed by atoms with van der Waals surface area (Å²) in [6, 6.07) is 15.1. The summed E-state index contributed by atoms with van der Waals surface area (Å²) in [5, 5.41) is 13.3. The summed E-state index contributed by atoms with van der Waals surface area (Å²) in [7, 11) is 0. The Morgan fingerprint density at radius 3 is 2.50 bits per heavy atom. The third-order valence-electron chi connectivity index (χ3n) is 5.16. The van der Waals surface area contributed by atoms with E-state index in [2.05, 4.69) is 10.3 Å². The number of anilines is 1. The summed E-state index contributed by atoms with van der Waals surface area (Å²) < 4.78 is 54.9. The zero-order valence-corrected chi connectivity index (χ0v) is 15.4. The number of halogens is 4. The SMILES string of the molecule is OC1Cc2cc(-n3c(-c4ccc(F)cc4)cc4ccc(C(F)(F)F)nc43)ccc2N1. The Morgan fingerprint density at radius 1 is 1.00 bits per heavy atom. The van der Waals surface area contributed by atoms with Crippen molar-refractivity contribution >= 4 is 16.7 Å². The molecule has 4 nitrogen and oxygen atoms in total. The maximum Gasteiger partial charge on any atom is 0.433 e. The number of pyridine rings is 1. The van der Waals surface area contributed by atoms with Crippen LogP contribution in [0, 0.1) is 5.82 Å². The van der Waals surface area contributed by atoms with E-state index in [1.165, 1.54) is 18.2 Å². The fourth-order valence-corrected chi connectivity index (χ4v) is 3.80. The van der Waals surface area contributed by atoms with Gasteiger partial charge in [0.25, 0.3) is 0 Å². The molecule has 2 aromatic heterocycles. The molecule has 1 atom stereocenters. The number of hydrogen-bond acceptors (Lipinski definition) is 3. The van der Waals surface area contributed by atoms with Crippen LogP contribution in [-0.2, 0) is 12.6 Å². The molecule has 3 heterocycles. The van der Waals surface area contributed by atoms with Crippen LogP contribution in [0.5, 0.6) is 0 Å². The molecule has 0 aliphatic carbocycles. The lowest BCUT2D eigenvalue weighted by Crippen LogP contribution is -2.12. The van der Waals surface area contributed by atoms with E-state index in [1.54, 1.807) is 34.9 Å². The first kappa shape index (κ1) is 18.6.